The zero-order valence-electron chi connectivity index (χ0n) is 24.8. The Labute approximate surface area is 225 Å². The lowest BCUT2D eigenvalue weighted by atomic mass is 10.3. The Hall–Kier alpha value is -1.05. The van der Waals surface area contributed by atoms with Crippen LogP contribution in [0.15, 0.2) is 37.4 Å². The summed E-state index contributed by atoms with van der Waals surface area (Å²) in [7, 11) is -3.97. The summed E-state index contributed by atoms with van der Waals surface area (Å²) in [4.78, 5) is 8.19. The first-order chi connectivity index (χ1) is 16.9. The monoisotopic (exact) mass is 553 g/mol. The fraction of sp³-hybridized carbons (Fsp3) is 0.769. The van der Waals surface area contributed by atoms with Crippen LogP contribution in [0.3, 0.4) is 0 Å². The summed E-state index contributed by atoms with van der Waals surface area (Å²) in [6.07, 6.45) is 15.2. The Morgan fingerprint density at radius 2 is 1.17 bits per heavy atom. The number of nitrogens with zero attached hydrogens (tertiary/aromatic N) is 5. The molecule has 0 unspecified atom stereocenters. The SMILES string of the molecule is CCO[Si](C)(CCC[Si](C)(C)C)OCC.C[Si](C)(C)N(CCCn1ccnc1)CCCn1ccnc1. The normalized spacial score (nSPS) is 12.6. The van der Waals surface area contributed by atoms with E-state index in [0.29, 0.717) is 0 Å². The average Bonchev–Trinajstić information content (AvgIpc) is 3.46. The van der Waals surface area contributed by atoms with Gasteiger partial charge in [0.1, 0.15) is 8.24 Å². The molecular formula is C26H55N5O2Si3. The first-order valence-corrected chi connectivity index (χ1v) is 23.5. The molecule has 7 nitrogen and oxygen atoms in total. The van der Waals surface area contributed by atoms with Gasteiger partial charge in [0, 0.05) is 59.2 Å². The van der Waals surface area contributed by atoms with Crippen LogP contribution in [0.2, 0.25) is 57.9 Å². The van der Waals surface area contributed by atoms with E-state index in [2.05, 4.69) is 83.3 Å². The molecule has 2 aromatic heterocycles. The van der Waals surface area contributed by atoms with Gasteiger partial charge in [-0.15, -0.1) is 0 Å². The van der Waals surface area contributed by atoms with E-state index in [4.69, 9.17) is 8.85 Å². The molecule has 0 bridgehead atoms. The van der Waals surface area contributed by atoms with Gasteiger partial charge in [0.25, 0.3) is 0 Å². The molecule has 2 heterocycles. The van der Waals surface area contributed by atoms with Crippen LogP contribution in [0.4, 0.5) is 0 Å². The van der Waals surface area contributed by atoms with Crippen LogP contribution in [0.5, 0.6) is 0 Å². The fourth-order valence-electron chi connectivity index (χ4n) is 4.25. The summed E-state index contributed by atoms with van der Waals surface area (Å²) in [5.41, 5.74) is 0. The van der Waals surface area contributed by atoms with E-state index < -0.39 is 24.9 Å². The predicted octanol–water partition coefficient (Wildman–Crippen LogP) is 6.56. The van der Waals surface area contributed by atoms with Crippen molar-refractivity contribution in [3.63, 3.8) is 0 Å². The maximum absolute atomic E-state index is 5.82. The standard InChI is InChI=1S/C15H27N5Si.C11H28O2Si2/c1-21(2,3)20(10-4-8-18-12-6-16-14-18)11-5-9-19-13-7-17-15-19;1-7-12-15(6,13-8-2)11-9-10-14(3,4)5/h6-7,12-15H,4-5,8-11H2,1-3H3;7-11H2,1-6H3. The number of hydrogen-bond donors (Lipinski definition) is 0. The highest BCUT2D eigenvalue weighted by atomic mass is 28.4. The Morgan fingerprint density at radius 3 is 1.50 bits per heavy atom. The van der Waals surface area contributed by atoms with Crippen LogP contribution >= 0.6 is 0 Å². The molecule has 0 fully saturated rings. The van der Waals surface area contributed by atoms with Crippen molar-refractivity contribution < 1.29 is 8.85 Å². The summed E-state index contributed by atoms with van der Waals surface area (Å²) >= 11 is 0. The largest absolute Gasteiger partial charge is 0.395 e. The quantitative estimate of drug-likeness (QED) is 0.208. The molecule has 0 amide bonds. The van der Waals surface area contributed by atoms with E-state index in [-0.39, 0.29) is 0 Å². The molecule has 2 rings (SSSR count). The molecule has 2 aromatic rings. The van der Waals surface area contributed by atoms with Crippen LogP contribution in [0.1, 0.15) is 33.1 Å². The Bertz CT molecular complexity index is 728. The van der Waals surface area contributed by atoms with Crippen molar-refractivity contribution in [1.29, 1.82) is 0 Å². The van der Waals surface area contributed by atoms with E-state index in [1.807, 2.05) is 37.4 Å². The van der Waals surface area contributed by atoms with Crippen molar-refractivity contribution in [2.45, 2.75) is 104 Å². The summed E-state index contributed by atoms with van der Waals surface area (Å²) in [5.74, 6) is 0. The molecule has 0 saturated heterocycles. The maximum atomic E-state index is 5.82. The minimum absolute atomic E-state index is 0.787. The van der Waals surface area contributed by atoms with Crippen LogP contribution in [-0.4, -0.2) is 74.8 Å². The Kier molecular flexibility index (Phi) is 15.3. The second-order valence-corrected chi connectivity index (χ2v) is 25.8. The highest BCUT2D eigenvalue weighted by Gasteiger charge is 2.30. The third-order valence-electron chi connectivity index (χ3n) is 6.21. The number of aromatic nitrogens is 4. The van der Waals surface area contributed by atoms with Crippen molar-refractivity contribution in [1.82, 2.24) is 23.7 Å². The van der Waals surface area contributed by atoms with Crippen LogP contribution in [0.25, 0.3) is 0 Å². The number of aryl methyl sites for hydroxylation is 2. The van der Waals surface area contributed by atoms with Gasteiger partial charge in [0.15, 0.2) is 0 Å². The third kappa shape index (κ3) is 15.3. The highest BCUT2D eigenvalue weighted by Crippen LogP contribution is 2.21. The second-order valence-electron chi connectivity index (χ2n) is 11.9. The fourth-order valence-corrected chi connectivity index (χ4v) is 9.91. The van der Waals surface area contributed by atoms with Gasteiger partial charge < -0.3 is 22.6 Å². The van der Waals surface area contributed by atoms with Gasteiger partial charge >= 0.3 is 8.56 Å². The lowest BCUT2D eigenvalue weighted by Crippen LogP contribution is -2.47. The molecule has 0 atom stereocenters. The van der Waals surface area contributed by atoms with Crippen LogP contribution < -0.4 is 0 Å². The lowest BCUT2D eigenvalue weighted by Gasteiger charge is -2.34. The van der Waals surface area contributed by atoms with Crippen molar-refractivity contribution in [2.24, 2.45) is 0 Å². The lowest BCUT2D eigenvalue weighted by molar-refractivity contribution is 0.188. The summed E-state index contributed by atoms with van der Waals surface area (Å²) in [5, 5.41) is 0. The van der Waals surface area contributed by atoms with Crippen molar-refractivity contribution >= 4 is 24.9 Å². The number of rotatable bonds is 17. The Morgan fingerprint density at radius 1 is 0.694 bits per heavy atom. The maximum Gasteiger partial charge on any atom is 0.334 e. The molecule has 0 spiro atoms. The second kappa shape index (κ2) is 16.7. The number of imidazole rings is 2. The van der Waals surface area contributed by atoms with E-state index >= 15 is 0 Å². The van der Waals surface area contributed by atoms with E-state index in [0.717, 1.165) is 32.3 Å². The minimum Gasteiger partial charge on any atom is -0.395 e. The molecule has 0 radical (unpaired) electrons. The molecule has 0 N–H and O–H groups in total. The highest BCUT2D eigenvalue weighted by molar-refractivity contribution is 6.76. The van der Waals surface area contributed by atoms with Crippen LogP contribution in [-0.2, 0) is 21.9 Å². The Balaban J connectivity index is 0.000000384. The number of hydrogen-bond acceptors (Lipinski definition) is 5. The summed E-state index contributed by atoms with van der Waals surface area (Å²) in [6.45, 7) is 26.9. The molecule has 0 aliphatic rings. The molecule has 0 aromatic carbocycles. The van der Waals surface area contributed by atoms with Gasteiger partial charge in [-0.3, -0.25) is 0 Å². The molecule has 0 saturated carbocycles. The summed E-state index contributed by atoms with van der Waals surface area (Å²) < 4.78 is 18.7. The first kappa shape index (κ1) is 33.0. The molecule has 36 heavy (non-hydrogen) atoms. The first-order valence-electron chi connectivity index (χ1n) is 13.8. The van der Waals surface area contributed by atoms with Gasteiger partial charge in [-0.2, -0.15) is 0 Å². The predicted molar refractivity (Wildman–Crippen MR) is 161 cm³/mol. The van der Waals surface area contributed by atoms with Gasteiger partial charge in [-0.25, -0.2) is 9.97 Å². The van der Waals surface area contributed by atoms with Crippen LogP contribution in [0, 0.1) is 0 Å². The smallest absolute Gasteiger partial charge is 0.334 e. The van der Waals surface area contributed by atoms with Gasteiger partial charge in [-0.1, -0.05) is 51.7 Å². The van der Waals surface area contributed by atoms with Crippen molar-refractivity contribution in [3.8, 4) is 0 Å². The van der Waals surface area contributed by atoms with E-state index in [1.54, 1.807) is 0 Å². The summed E-state index contributed by atoms with van der Waals surface area (Å²) in [6, 6.07) is 2.54. The molecular weight excluding hydrogens is 499 g/mol. The van der Waals surface area contributed by atoms with Gasteiger partial charge in [0.2, 0.25) is 0 Å². The molecule has 0 aliphatic heterocycles. The molecule has 0 aliphatic carbocycles. The minimum atomic E-state index is -1.83. The average molecular weight is 554 g/mol. The molecule has 208 valence electrons. The zero-order valence-corrected chi connectivity index (χ0v) is 27.8. The van der Waals surface area contributed by atoms with Gasteiger partial charge in [-0.05, 0) is 52.4 Å². The molecule has 10 heteroatoms. The topological polar surface area (TPSA) is 57.3 Å². The van der Waals surface area contributed by atoms with Gasteiger partial charge in [0.05, 0.1) is 12.7 Å². The van der Waals surface area contributed by atoms with E-state index in [1.165, 1.54) is 38.4 Å². The van der Waals surface area contributed by atoms with Crippen molar-refractivity contribution in [3.05, 3.63) is 37.4 Å². The van der Waals surface area contributed by atoms with E-state index in [9.17, 15) is 0 Å². The van der Waals surface area contributed by atoms with Crippen molar-refractivity contribution in [2.75, 3.05) is 26.3 Å². The zero-order chi connectivity index (χ0) is 27.1. The third-order valence-corrected chi connectivity index (χ3v) is 13.5.